The van der Waals surface area contributed by atoms with E-state index in [9.17, 15) is 0 Å². The van der Waals surface area contributed by atoms with E-state index in [0.717, 1.165) is 44.0 Å². The second-order valence-electron chi connectivity index (χ2n) is 7.72. The second-order valence-corrected chi connectivity index (χ2v) is 7.72. The van der Waals surface area contributed by atoms with Crippen molar-refractivity contribution in [2.24, 2.45) is 17.8 Å². The van der Waals surface area contributed by atoms with Gasteiger partial charge in [0, 0.05) is 25.2 Å². The lowest BCUT2D eigenvalue weighted by Crippen LogP contribution is -2.60. The summed E-state index contributed by atoms with van der Waals surface area (Å²) in [4.78, 5) is 2.69. The fourth-order valence-electron chi connectivity index (χ4n) is 5.77. The van der Waals surface area contributed by atoms with Crippen molar-refractivity contribution < 1.29 is 4.74 Å². The molecule has 19 heavy (non-hydrogen) atoms. The summed E-state index contributed by atoms with van der Waals surface area (Å²) in [5.41, 5.74) is 0.537. The molecule has 1 aliphatic heterocycles. The van der Waals surface area contributed by atoms with Crippen LogP contribution in [0.3, 0.4) is 0 Å². The number of ether oxygens (including phenoxy) is 1. The van der Waals surface area contributed by atoms with Gasteiger partial charge in [0.05, 0.1) is 12.7 Å². The molecule has 1 unspecified atom stereocenters. The third-order valence-electron chi connectivity index (χ3n) is 6.30. The Labute approximate surface area is 117 Å². The molecule has 0 aromatic rings. The van der Waals surface area contributed by atoms with Gasteiger partial charge in [0.15, 0.2) is 0 Å². The second kappa shape index (κ2) is 4.71. The van der Waals surface area contributed by atoms with Crippen molar-refractivity contribution >= 4 is 0 Å². The molecule has 1 N–H and O–H groups in total. The van der Waals surface area contributed by atoms with Crippen LogP contribution in [-0.2, 0) is 4.74 Å². The standard InChI is InChI=1S/C16H28N2O/c1-18(11-15-10-17-2-3-19-15)16-7-12-4-13(8-16)6-14(5-12)9-16/h12-15,17H,2-11H2,1H3. The molecular formula is C16H28N2O. The lowest BCUT2D eigenvalue weighted by atomic mass is 9.52. The summed E-state index contributed by atoms with van der Waals surface area (Å²) in [6.07, 6.45) is 9.42. The van der Waals surface area contributed by atoms with Crippen molar-refractivity contribution in [1.29, 1.82) is 0 Å². The SMILES string of the molecule is CN(CC1CNCCO1)C12CC3CC(CC(C3)C1)C2. The van der Waals surface area contributed by atoms with Crippen LogP contribution in [0.15, 0.2) is 0 Å². The third kappa shape index (κ3) is 2.24. The van der Waals surface area contributed by atoms with Gasteiger partial charge in [-0.2, -0.15) is 0 Å². The molecule has 108 valence electrons. The maximum atomic E-state index is 5.91. The van der Waals surface area contributed by atoms with Crippen LogP contribution in [0, 0.1) is 17.8 Å². The molecule has 1 saturated heterocycles. The summed E-state index contributed by atoms with van der Waals surface area (Å²) in [6, 6.07) is 0. The number of morpholine rings is 1. The molecule has 0 radical (unpaired) electrons. The van der Waals surface area contributed by atoms with E-state index in [2.05, 4.69) is 17.3 Å². The van der Waals surface area contributed by atoms with Crippen LogP contribution < -0.4 is 5.32 Å². The molecule has 3 nitrogen and oxygen atoms in total. The van der Waals surface area contributed by atoms with Crippen LogP contribution in [0.2, 0.25) is 0 Å². The van der Waals surface area contributed by atoms with Crippen molar-refractivity contribution in [1.82, 2.24) is 10.2 Å². The van der Waals surface area contributed by atoms with Gasteiger partial charge in [-0.1, -0.05) is 0 Å². The first-order chi connectivity index (χ1) is 9.23. The maximum absolute atomic E-state index is 5.91. The fraction of sp³-hybridized carbons (Fsp3) is 1.00. The largest absolute Gasteiger partial charge is 0.374 e. The number of nitrogens with zero attached hydrogens (tertiary/aromatic N) is 1. The Kier molecular flexibility index (Phi) is 3.13. The van der Waals surface area contributed by atoms with Gasteiger partial charge in [0.2, 0.25) is 0 Å². The van der Waals surface area contributed by atoms with Crippen LogP contribution >= 0.6 is 0 Å². The van der Waals surface area contributed by atoms with Gasteiger partial charge in [0.1, 0.15) is 0 Å². The molecule has 0 spiro atoms. The molecule has 1 heterocycles. The summed E-state index contributed by atoms with van der Waals surface area (Å²) in [7, 11) is 2.37. The Balaban J connectivity index is 1.45. The molecule has 1 atom stereocenters. The van der Waals surface area contributed by atoms with E-state index in [1.807, 2.05) is 0 Å². The molecule has 4 saturated carbocycles. The number of hydrogen-bond acceptors (Lipinski definition) is 3. The topological polar surface area (TPSA) is 24.5 Å². The summed E-state index contributed by atoms with van der Waals surface area (Å²) in [6.45, 7) is 4.08. The number of likely N-dealkylation sites (N-methyl/N-ethyl adjacent to an activating group) is 1. The van der Waals surface area contributed by atoms with Crippen LogP contribution in [0.25, 0.3) is 0 Å². The van der Waals surface area contributed by atoms with Gasteiger partial charge in [-0.3, -0.25) is 4.90 Å². The first-order valence-corrected chi connectivity index (χ1v) is 8.27. The first kappa shape index (κ1) is 12.6. The molecule has 0 amide bonds. The molecular weight excluding hydrogens is 236 g/mol. The van der Waals surface area contributed by atoms with Crippen LogP contribution in [0.4, 0.5) is 0 Å². The van der Waals surface area contributed by atoms with Gasteiger partial charge < -0.3 is 10.1 Å². The molecule has 0 aromatic heterocycles. The van der Waals surface area contributed by atoms with Gasteiger partial charge in [-0.25, -0.2) is 0 Å². The lowest BCUT2D eigenvalue weighted by molar-refractivity contribution is -0.0974. The molecule has 4 aliphatic carbocycles. The molecule has 3 heteroatoms. The van der Waals surface area contributed by atoms with E-state index >= 15 is 0 Å². The molecule has 0 aromatic carbocycles. The van der Waals surface area contributed by atoms with Gasteiger partial charge in [-0.05, 0) is 63.3 Å². The maximum Gasteiger partial charge on any atom is 0.0826 e. The highest BCUT2D eigenvalue weighted by molar-refractivity contribution is 5.07. The highest BCUT2D eigenvalue weighted by Crippen LogP contribution is 2.57. The van der Waals surface area contributed by atoms with Gasteiger partial charge in [0.25, 0.3) is 0 Å². The Hall–Kier alpha value is -0.120. The highest BCUT2D eigenvalue weighted by atomic mass is 16.5. The van der Waals surface area contributed by atoms with Crippen LogP contribution in [0.1, 0.15) is 38.5 Å². The summed E-state index contributed by atoms with van der Waals surface area (Å²) in [5, 5.41) is 3.46. The monoisotopic (exact) mass is 264 g/mol. The summed E-state index contributed by atoms with van der Waals surface area (Å²) >= 11 is 0. The molecule has 5 fully saturated rings. The van der Waals surface area contributed by atoms with Gasteiger partial charge in [-0.15, -0.1) is 0 Å². The number of rotatable bonds is 3. The highest BCUT2D eigenvalue weighted by Gasteiger charge is 2.52. The molecule has 5 aliphatic rings. The van der Waals surface area contributed by atoms with Crippen molar-refractivity contribution in [3.05, 3.63) is 0 Å². The molecule has 4 bridgehead atoms. The Bertz CT molecular complexity index is 302. The molecule has 5 rings (SSSR count). The predicted molar refractivity (Wildman–Crippen MR) is 76.1 cm³/mol. The minimum Gasteiger partial charge on any atom is -0.374 e. The Morgan fingerprint density at radius 3 is 2.26 bits per heavy atom. The van der Waals surface area contributed by atoms with E-state index < -0.39 is 0 Å². The number of nitrogens with one attached hydrogen (secondary N) is 1. The van der Waals surface area contributed by atoms with E-state index in [-0.39, 0.29) is 0 Å². The normalized spacial score (nSPS) is 48.9. The zero-order chi connectivity index (χ0) is 12.9. The zero-order valence-electron chi connectivity index (χ0n) is 12.2. The smallest absolute Gasteiger partial charge is 0.0826 e. The van der Waals surface area contributed by atoms with E-state index in [4.69, 9.17) is 4.74 Å². The average molecular weight is 264 g/mol. The van der Waals surface area contributed by atoms with Crippen molar-refractivity contribution in [2.75, 3.05) is 33.3 Å². The minimum absolute atomic E-state index is 0.409. The summed E-state index contributed by atoms with van der Waals surface area (Å²) < 4.78 is 5.91. The minimum atomic E-state index is 0.409. The lowest BCUT2D eigenvalue weighted by Gasteiger charge is -2.60. The van der Waals surface area contributed by atoms with Crippen LogP contribution in [-0.4, -0.2) is 49.8 Å². The third-order valence-corrected chi connectivity index (χ3v) is 6.30. The van der Waals surface area contributed by atoms with Crippen molar-refractivity contribution in [3.8, 4) is 0 Å². The van der Waals surface area contributed by atoms with E-state index in [1.54, 1.807) is 0 Å². The van der Waals surface area contributed by atoms with Crippen molar-refractivity contribution in [3.63, 3.8) is 0 Å². The average Bonchev–Trinajstić information content (AvgIpc) is 2.38. The zero-order valence-corrected chi connectivity index (χ0v) is 12.2. The Morgan fingerprint density at radius 1 is 1.11 bits per heavy atom. The fourth-order valence-corrected chi connectivity index (χ4v) is 5.77. The van der Waals surface area contributed by atoms with E-state index in [1.165, 1.54) is 38.5 Å². The van der Waals surface area contributed by atoms with Crippen molar-refractivity contribution in [2.45, 2.75) is 50.2 Å². The predicted octanol–water partition coefficient (Wildman–Crippen LogP) is 1.88. The first-order valence-electron chi connectivity index (χ1n) is 8.27. The van der Waals surface area contributed by atoms with E-state index in [0.29, 0.717) is 11.6 Å². The summed E-state index contributed by atoms with van der Waals surface area (Å²) in [5.74, 6) is 3.12. The van der Waals surface area contributed by atoms with Crippen LogP contribution in [0.5, 0.6) is 0 Å². The number of hydrogen-bond donors (Lipinski definition) is 1. The quantitative estimate of drug-likeness (QED) is 0.842. The van der Waals surface area contributed by atoms with Gasteiger partial charge >= 0.3 is 0 Å². The Morgan fingerprint density at radius 2 is 1.74 bits per heavy atom.